The summed E-state index contributed by atoms with van der Waals surface area (Å²) in [6.07, 6.45) is 1.89. The summed E-state index contributed by atoms with van der Waals surface area (Å²) in [7, 11) is -2.88. The van der Waals surface area contributed by atoms with Crippen molar-refractivity contribution in [2.45, 2.75) is 43.7 Å². The molecule has 4 aromatic carbocycles. The van der Waals surface area contributed by atoms with E-state index < -0.39 is 28.5 Å². The maximum atomic E-state index is 14.6. The summed E-state index contributed by atoms with van der Waals surface area (Å²) in [6, 6.07) is 28.4. The number of nitrogens with zero attached hydrogens (tertiary/aromatic N) is 2. The highest BCUT2D eigenvalue weighted by atomic mass is 79.9. The van der Waals surface area contributed by atoms with Gasteiger partial charge < -0.3 is 15.0 Å². The first-order valence-electron chi connectivity index (χ1n) is 14.9. The van der Waals surface area contributed by atoms with Gasteiger partial charge in [-0.2, -0.15) is 0 Å². The number of sulfonamides is 1. The first-order valence-corrected chi connectivity index (χ1v) is 17.5. The first-order chi connectivity index (χ1) is 22.1. The third-order valence-electron chi connectivity index (χ3n) is 7.36. The van der Waals surface area contributed by atoms with Crippen LogP contribution in [-0.2, 0) is 32.6 Å². The molecule has 4 rings (SSSR count). The van der Waals surface area contributed by atoms with Crippen LogP contribution in [0.25, 0.3) is 0 Å². The van der Waals surface area contributed by atoms with Gasteiger partial charge >= 0.3 is 0 Å². The molecule has 0 saturated carbocycles. The van der Waals surface area contributed by atoms with Gasteiger partial charge in [0.2, 0.25) is 11.8 Å². The van der Waals surface area contributed by atoms with Gasteiger partial charge in [0.1, 0.15) is 18.3 Å². The van der Waals surface area contributed by atoms with Gasteiger partial charge in [-0.3, -0.25) is 13.9 Å². The van der Waals surface area contributed by atoms with E-state index in [0.717, 1.165) is 32.7 Å². The van der Waals surface area contributed by atoms with Crippen LogP contribution in [0.1, 0.15) is 30.9 Å². The van der Waals surface area contributed by atoms with Gasteiger partial charge in [-0.05, 0) is 60.0 Å². The highest BCUT2D eigenvalue weighted by Gasteiger charge is 2.35. The van der Waals surface area contributed by atoms with E-state index in [1.54, 1.807) is 30.3 Å². The molecule has 0 spiro atoms. The number of rotatable bonds is 15. The van der Waals surface area contributed by atoms with Gasteiger partial charge in [0.15, 0.2) is 0 Å². The highest BCUT2D eigenvalue weighted by Crippen LogP contribution is 2.35. The predicted molar refractivity (Wildman–Crippen MR) is 186 cm³/mol. The van der Waals surface area contributed by atoms with Crippen molar-refractivity contribution < 1.29 is 22.7 Å². The number of halogens is 2. The number of hydrogen-bond acceptors (Lipinski definition) is 5. The van der Waals surface area contributed by atoms with E-state index in [1.807, 2.05) is 61.5 Å². The molecule has 0 aromatic heterocycles. The maximum Gasteiger partial charge on any atom is 0.264 e. The minimum atomic E-state index is -4.29. The van der Waals surface area contributed by atoms with E-state index in [-0.39, 0.29) is 40.2 Å². The summed E-state index contributed by atoms with van der Waals surface area (Å²) in [6.45, 7) is 1.93. The summed E-state index contributed by atoms with van der Waals surface area (Å²) in [5.41, 5.74) is 1.72. The van der Waals surface area contributed by atoms with E-state index in [1.165, 1.54) is 30.2 Å². The molecule has 0 aliphatic heterocycles. The monoisotopic (exact) mass is 725 g/mol. The fourth-order valence-electron chi connectivity index (χ4n) is 4.98. The van der Waals surface area contributed by atoms with Gasteiger partial charge in [-0.15, -0.1) is 0 Å². The van der Waals surface area contributed by atoms with E-state index >= 15 is 0 Å². The Balaban J connectivity index is 1.83. The SMILES string of the molecule is CCCCNC(=O)C(Cc1ccccc1)N(Cc1cccc(Br)c1)C(=O)CN(c1cc(Cl)ccc1OC)S(=O)(=O)c1ccccc1. The van der Waals surface area contributed by atoms with E-state index in [4.69, 9.17) is 16.3 Å². The number of methoxy groups -OCH3 is 1. The molecule has 0 heterocycles. The molecule has 46 heavy (non-hydrogen) atoms. The molecule has 0 bridgehead atoms. The molecule has 8 nitrogen and oxygen atoms in total. The summed E-state index contributed by atoms with van der Waals surface area (Å²) in [4.78, 5) is 29.9. The van der Waals surface area contributed by atoms with Crippen molar-refractivity contribution in [1.82, 2.24) is 10.2 Å². The zero-order valence-corrected chi connectivity index (χ0v) is 28.9. The topological polar surface area (TPSA) is 96.0 Å². The van der Waals surface area contributed by atoms with E-state index in [0.29, 0.717) is 6.54 Å². The maximum absolute atomic E-state index is 14.6. The number of carbonyl (C=O) groups is 2. The van der Waals surface area contributed by atoms with Crippen LogP contribution in [0.2, 0.25) is 5.02 Å². The molecular weight excluding hydrogens is 690 g/mol. The zero-order chi connectivity index (χ0) is 33.1. The standard InChI is InChI=1S/C35H37BrClN3O5S/c1-3-4-20-38-35(42)32(22-26-12-7-5-8-13-26)39(24-27-14-11-15-28(36)21-27)34(41)25-40(31-23-29(37)18-19-33(31)45-2)46(43,44)30-16-9-6-10-17-30/h5-19,21,23,32H,3-4,20,22,24-25H2,1-2H3,(H,38,42). The number of hydrogen-bond donors (Lipinski definition) is 1. The molecule has 0 aliphatic rings. The largest absolute Gasteiger partial charge is 0.495 e. The van der Waals surface area contributed by atoms with Crippen LogP contribution in [0.15, 0.2) is 112 Å². The third-order valence-corrected chi connectivity index (χ3v) is 9.86. The van der Waals surface area contributed by atoms with Crippen molar-refractivity contribution in [3.8, 4) is 5.75 Å². The normalized spacial score (nSPS) is 11.8. The smallest absolute Gasteiger partial charge is 0.264 e. The number of anilines is 1. The van der Waals surface area contributed by atoms with Crippen molar-refractivity contribution in [3.05, 3.63) is 124 Å². The van der Waals surface area contributed by atoms with Gasteiger partial charge in [0.05, 0.1) is 17.7 Å². The minimum absolute atomic E-state index is 0.0125. The highest BCUT2D eigenvalue weighted by molar-refractivity contribution is 9.10. The number of benzene rings is 4. The fourth-order valence-corrected chi connectivity index (χ4v) is 7.03. The molecule has 0 fully saturated rings. The lowest BCUT2D eigenvalue weighted by Crippen LogP contribution is -2.53. The van der Waals surface area contributed by atoms with Crippen LogP contribution in [0.5, 0.6) is 5.75 Å². The van der Waals surface area contributed by atoms with Crippen LogP contribution in [0.3, 0.4) is 0 Å². The number of amides is 2. The Labute approximate surface area is 284 Å². The Bertz CT molecular complexity index is 1720. The van der Waals surface area contributed by atoms with Gasteiger partial charge in [0, 0.05) is 29.0 Å². The van der Waals surface area contributed by atoms with Crippen LogP contribution in [-0.4, -0.2) is 51.4 Å². The van der Waals surface area contributed by atoms with Crippen LogP contribution in [0.4, 0.5) is 5.69 Å². The molecule has 242 valence electrons. The van der Waals surface area contributed by atoms with Crippen LogP contribution in [0, 0.1) is 0 Å². The Morgan fingerprint density at radius 2 is 1.59 bits per heavy atom. The lowest BCUT2D eigenvalue weighted by atomic mass is 10.0. The average Bonchev–Trinajstić information content (AvgIpc) is 3.06. The Morgan fingerprint density at radius 1 is 0.913 bits per heavy atom. The number of carbonyl (C=O) groups excluding carboxylic acids is 2. The fraction of sp³-hybridized carbons (Fsp3) is 0.257. The van der Waals surface area contributed by atoms with Crippen molar-refractivity contribution in [1.29, 1.82) is 0 Å². The number of ether oxygens (including phenoxy) is 1. The number of unbranched alkanes of at least 4 members (excludes halogenated alkanes) is 1. The Kier molecular flexibility index (Phi) is 12.7. The molecule has 0 radical (unpaired) electrons. The van der Waals surface area contributed by atoms with Crippen LogP contribution < -0.4 is 14.4 Å². The lowest BCUT2D eigenvalue weighted by molar-refractivity contribution is -0.140. The summed E-state index contributed by atoms with van der Waals surface area (Å²) in [5.74, 6) is -0.681. The summed E-state index contributed by atoms with van der Waals surface area (Å²) in [5, 5.41) is 3.26. The second-order valence-electron chi connectivity index (χ2n) is 10.6. The molecule has 11 heteroatoms. The first kappa shape index (κ1) is 35.0. The summed E-state index contributed by atoms with van der Waals surface area (Å²) >= 11 is 9.85. The quantitative estimate of drug-likeness (QED) is 0.135. The molecule has 1 atom stereocenters. The third kappa shape index (κ3) is 9.11. The second kappa shape index (κ2) is 16.6. The molecular formula is C35H37BrClN3O5S. The Hall–Kier alpha value is -3.86. The van der Waals surface area contributed by atoms with E-state index in [2.05, 4.69) is 21.2 Å². The van der Waals surface area contributed by atoms with Gasteiger partial charge in [-0.1, -0.05) is 102 Å². The van der Waals surface area contributed by atoms with Gasteiger partial charge in [-0.25, -0.2) is 8.42 Å². The Morgan fingerprint density at radius 3 is 2.24 bits per heavy atom. The summed E-state index contributed by atoms with van der Waals surface area (Å²) < 4.78 is 35.8. The average molecular weight is 727 g/mol. The molecule has 1 unspecified atom stereocenters. The lowest BCUT2D eigenvalue weighted by Gasteiger charge is -2.34. The van der Waals surface area contributed by atoms with Crippen LogP contribution >= 0.6 is 27.5 Å². The minimum Gasteiger partial charge on any atom is -0.495 e. The predicted octanol–water partition coefficient (Wildman–Crippen LogP) is 6.86. The molecule has 0 saturated heterocycles. The number of nitrogens with one attached hydrogen (secondary N) is 1. The van der Waals surface area contributed by atoms with Crippen molar-refractivity contribution in [2.24, 2.45) is 0 Å². The molecule has 4 aromatic rings. The second-order valence-corrected chi connectivity index (χ2v) is 13.9. The molecule has 2 amide bonds. The molecule has 1 N–H and O–H groups in total. The molecule has 0 aliphatic carbocycles. The zero-order valence-electron chi connectivity index (χ0n) is 25.7. The van der Waals surface area contributed by atoms with Crippen molar-refractivity contribution >= 4 is 55.1 Å². The van der Waals surface area contributed by atoms with Crippen molar-refractivity contribution in [3.63, 3.8) is 0 Å². The van der Waals surface area contributed by atoms with Gasteiger partial charge in [0.25, 0.3) is 10.0 Å². The van der Waals surface area contributed by atoms with E-state index in [9.17, 15) is 18.0 Å². The van der Waals surface area contributed by atoms with Crippen molar-refractivity contribution in [2.75, 3.05) is 24.5 Å².